The number of halogens is 4. The minimum Gasteiger partial charge on any atom is -0.388 e. The van der Waals surface area contributed by atoms with Crippen molar-refractivity contribution in [3.8, 4) is 0 Å². The molecule has 7 heteroatoms. The van der Waals surface area contributed by atoms with E-state index in [1.165, 1.54) is 11.3 Å². The van der Waals surface area contributed by atoms with Gasteiger partial charge in [-0.2, -0.15) is 13.2 Å². The molecule has 0 radical (unpaired) electrons. The van der Waals surface area contributed by atoms with Crippen molar-refractivity contribution >= 4 is 11.3 Å². The van der Waals surface area contributed by atoms with Gasteiger partial charge in [0.2, 0.25) is 0 Å². The van der Waals surface area contributed by atoms with Crippen molar-refractivity contribution in [1.29, 1.82) is 0 Å². The molecule has 0 aliphatic carbocycles. The number of nitrogens with zero attached hydrogens (tertiary/aromatic N) is 1. The van der Waals surface area contributed by atoms with Gasteiger partial charge in [0.05, 0.1) is 22.4 Å². The average Bonchev–Trinajstić information content (AvgIpc) is 2.73. The molecule has 2 rings (SSSR count). The Bertz CT molecular complexity index is 609. The molecule has 0 saturated carbocycles. The number of aromatic nitrogens is 1. The molecular formula is C13H11F4NOS. The summed E-state index contributed by atoms with van der Waals surface area (Å²) in [7, 11) is 0. The van der Waals surface area contributed by atoms with E-state index in [9.17, 15) is 22.7 Å². The Hall–Kier alpha value is -1.47. The molecule has 0 spiro atoms. The zero-order valence-electron chi connectivity index (χ0n) is 10.4. The molecule has 20 heavy (non-hydrogen) atoms. The lowest BCUT2D eigenvalue weighted by atomic mass is 10.0. The molecule has 108 valence electrons. The van der Waals surface area contributed by atoms with E-state index in [-0.39, 0.29) is 12.0 Å². The molecule has 0 aliphatic rings. The number of hydrogen-bond acceptors (Lipinski definition) is 3. The quantitative estimate of drug-likeness (QED) is 0.873. The zero-order chi connectivity index (χ0) is 14.9. The largest absolute Gasteiger partial charge is 0.419 e. The lowest BCUT2D eigenvalue weighted by Gasteiger charge is -2.13. The van der Waals surface area contributed by atoms with E-state index < -0.39 is 23.7 Å². The van der Waals surface area contributed by atoms with Crippen LogP contribution >= 0.6 is 11.3 Å². The monoisotopic (exact) mass is 305 g/mol. The number of benzene rings is 1. The fourth-order valence-electron chi connectivity index (χ4n) is 1.79. The van der Waals surface area contributed by atoms with E-state index in [0.29, 0.717) is 17.8 Å². The number of aliphatic hydroxyl groups is 1. The first-order chi connectivity index (χ1) is 9.27. The Morgan fingerprint density at radius 3 is 2.60 bits per heavy atom. The molecule has 1 atom stereocenters. The number of thiazole rings is 1. The third-order valence-electron chi connectivity index (χ3n) is 2.75. The molecule has 2 aromatic rings. The van der Waals surface area contributed by atoms with Crippen LogP contribution in [0.1, 0.15) is 27.9 Å². The summed E-state index contributed by atoms with van der Waals surface area (Å²) < 4.78 is 50.9. The molecule has 0 amide bonds. The van der Waals surface area contributed by atoms with Crippen molar-refractivity contribution in [2.24, 2.45) is 0 Å². The number of alkyl halides is 3. The number of hydrogen-bond donors (Lipinski definition) is 1. The van der Waals surface area contributed by atoms with Crippen molar-refractivity contribution in [3.63, 3.8) is 0 Å². The van der Waals surface area contributed by atoms with E-state index in [1.807, 2.05) is 0 Å². The van der Waals surface area contributed by atoms with Gasteiger partial charge >= 0.3 is 6.18 Å². The Labute approximate surface area is 116 Å². The van der Waals surface area contributed by atoms with Crippen molar-refractivity contribution in [2.45, 2.75) is 25.6 Å². The highest BCUT2D eigenvalue weighted by Crippen LogP contribution is 2.33. The summed E-state index contributed by atoms with van der Waals surface area (Å²) in [5, 5.41) is 12.5. The highest BCUT2D eigenvalue weighted by molar-refractivity contribution is 7.09. The summed E-state index contributed by atoms with van der Waals surface area (Å²) in [6.45, 7) is 1.79. The van der Waals surface area contributed by atoms with Crippen LogP contribution in [0.25, 0.3) is 0 Å². The van der Waals surface area contributed by atoms with Gasteiger partial charge in [-0.25, -0.2) is 9.37 Å². The summed E-state index contributed by atoms with van der Waals surface area (Å²) in [6, 6.07) is 2.50. The lowest BCUT2D eigenvalue weighted by Crippen LogP contribution is -2.11. The van der Waals surface area contributed by atoms with E-state index in [4.69, 9.17) is 0 Å². The van der Waals surface area contributed by atoms with E-state index in [0.717, 1.165) is 11.1 Å². The predicted octanol–water partition coefficient (Wildman–Crippen LogP) is 3.89. The van der Waals surface area contributed by atoms with Crippen LogP contribution in [-0.2, 0) is 12.6 Å². The van der Waals surface area contributed by atoms with Crippen LogP contribution in [0.15, 0.2) is 23.6 Å². The molecule has 0 saturated heterocycles. The molecule has 1 N–H and O–H groups in total. The summed E-state index contributed by atoms with van der Waals surface area (Å²) in [5.74, 6) is -1.35. The number of aryl methyl sites for hydroxylation is 1. The molecule has 1 unspecified atom stereocenters. The Morgan fingerprint density at radius 1 is 1.35 bits per heavy atom. The number of rotatable bonds is 3. The van der Waals surface area contributed by atoms with E-state index >= 15 is 0 Å². The second-order valence-electron chi connectivity index (χ2n) is 4.31. The van der Waals surface area contributed by atoms with Crippen molar-refractivity contribution < 1.29 is 22.7 Å². The Kier molecular flexibility index (Phi) is 4.10. The van der Waals surface area contributed by atoms with Gasteiger partial charge in [0, 0.05) is 11.8 Å². The van der Waals surface area contributed by atoms with Crippen LogP contribution in [0.2, 0.25) is 0 Å². The Balaban J connectivity index is 2.24. The van der Waals surface area contributed by atoms with Crippen LogP contribution in [0.3, 0.4) is 0 Å². The van der Waals surface area contributed by atoms with Gasteiger partial charge in [0.15, 0.2) is 0 Å². The third kappa shape index (κ3) is 3.34. The van der Waals surface area contributed by atoms with Crippen LogP contribution in [0, 0.1) is 12.7 Å². The minimum atomic E-state index is -4.78. The summed E-state index contributed by atoms with van der Waals surface area (Å²) in [4.78, 5) is 4.13. The SMILES string of the molecule is Cc1nc(CC(O)c2ccc(F)c(C(F)(F)F)c2)cs1. The average molecular weight is 305 g/mol. The Morgan fingerprint density at radius 2 is 2.05 bits per heavy atom. The van der Waals surface area contributed by atoms with Crippen LogP contribution in [0.5, 0.6) is 0 Å². The minimum absolute atomic E-state index is 0.0179. The van der Waals surface area contributed by atoms with Crippen LogP contribution in [0.4, 0.5) is 17.6 Å². The highest BCUT2D eigenvalue weighted by Gasteiger charge is 2.34. The van der Waals surface area contributed by atoms with Crippen LogP contribution < -0.4 is 0 Å². The molecule has 1 aromatic carbocycles. The van der Waals surface area contributed by atoms with Crippen molar-refractivity contribution in [1.82, 2.24) is 4.98 Å². The predicted molar refractivity (Wildman–Crippen MR) is 66.9 cm³/mol. The zero-order valence-corrected chi connectivity index (χ0v) is 11.2. The standard InChI is InChI=1S/C13H11F4NOS/c1-7-18-9(6-20-7)5-12(19)8-2-3-11(14)10(4-8)13(15,16)17/h2-4,6,12,19H,5H2,1H3. The molecule has 0 aliphatic heterocycles. The van der Waals surface area contributed by atoms with E-state index in [2.05, 4.69) is 4.98 Å². The second kappa shape index (κ2) is 5.49. The van der Waals surface area contributed by atoms with Gasteiger partial charge in [0.1, 0.15) is 5.82 Å². The smallest absolute Gasteiger partial charge is 0.388 e. The molecule has 1 heterocycles. The maximum Gasteiger partial charge on any atom is 0.419 e. The maximum absolute atomic E-state index is 13.1. The first-order valence-corrected chi connectivity index (χ1v) is 6.61. The molecule has 0 fully saturated rings. The number of aliphatic hydroxyl groups excluding tert-OH is 1. The second-order valence-corrected chi connectivity index (χ2v) is 5.38. The first-order valence-electron chi connectivity index (χ1n) is 5.73. The van der Waals surface area contributed by atoms with Crippen LogP contribution in [-0.4, -0.2) is 10.1 Å². The normalized spacial score (nSPS) is 13.5. The summed E-state index contributed by atoms with van der Waals surface area (Å²) in [6.07, 6.45) is -5.84. The van der Waals surface area contributed by atoms with Crippen molar-refractivity contribution in [3.05, 3.63) is 51.2 Å². The van der Waals surface area contributed by atoms with Gasteiger partial charge in [-0.15, -0.1) is 11.3 Å². The van der Waals surface area contributed by atoms with Gasteiger partial charge < -0.3 is 5.11 Å². The fraction of sp³-hybridized carbons (Fsp3) is 0.308. The lowest BCUT2D eigenvalue weighted by molar-refractivity contribution is -0.140. The summed E-state index contributed by atoms with van der Waals surface area (Å²) in [5.41, 5.74) is -0.759. The van der Waals surface area contributed by atoms with Gasteiger partial charge in [-0.3, -0.25) is 0 Å². The molecule has 0 bridgehead atoms. The first kappa shape index (κ1) is 14.9. The van der Waals surface area contributed by atoms with Gasteiger partial charge in [0.25, 0.3) is 0 Å². The maximum atomic E-state index is 13.1. The van der Waals surface area contributed by atoms with E-state index in [1.54, 1.807) is 12.3 Å². The highest BCUT2D eigenvalue weighted by atomic mass is 32.1. The van der Waals surface area contributed by atoms with Gasteiger partial charge in [-0.1, -0.05) is 6.07 Å². The van der Waals surface area contributed by atoms with Gasteiger partial charge in [-0.05, 0) is 24.6 Å². The molecular weight excluding hydrogens is 294 g/mol. The molecule has 1 aromatic heterocycles. The topological polar surface area (TPSA) is 33.1 Å². The van der Waals surface area contributed by atoms with Crippen molar-refractivity contribution in [2.75, 3.05) is 0 Å². The fourth-order valence-corrected chi connectivity index (χ4v) is 2.41. The third-order valence-corrected chi connectivity index (χ3v) is 3.57. The molecule has 2 nitrogen and oxygen atoms in total. The summed E-state index contributed by atoms with van der Waals surface area (Å²) >= 11 is 1.39.